The van der Waals surface area contributed by atoms with Crippen LogP contribution >= 0.6 is 11.6 Å². The van der Waals surface area contributed by atoms with E-state index in [1.807, 2.05) is 61.5 Å². The van der Waals surface area contributed by atoms with Crippen LogP contribution in [-0.4, -0.2) is 0 Å². The molecule has 0 aromatic heterocycles. The number of hydrogen-bond donors (Lipinski definition) is 0. The number of benzene rings is 2. The minimum Gasteiger partial charge on any atom is -0.489 e. The molecule has 2 aromatic carbocycles. The lowest BCUT2D eigenvalue weighted by Crippen LogP contribution is -1.97. The molecule has 0 aliphatic carbocycles. The van der Waals surface area contributed by atoms with Crippen LogP contribution in [0.3, 0.4) is 0 Å². The fourth-order valence-electron chi connectivity index (χ4n) is 1.82. The number of allylic oxidation sites excluding steroid dienone is 3. The molecule has 2 aromatic rings. The van der Waals surface area contributed by atoms with Gasteiger partial charge in [0, 0.05) is 16.7 Å². The van der Waals surface area contributed by atoms with Crippen molar-refractivity contribution in [3.8, 4) is 11.5 Å². The highest BCUT2D eigenvalue weighted by Gasteiger charge is 2.02. The zero-order valence-electron chi connectivity index (χ0n) is 13.1. The van der Waals surface area contributed by atoms with Gasteiger partial charge in [-0.05, 0) is 31.2 Å². The van der Waals surface area contributed by atoms with Crippen LogP contribution in [0, 0.1) is 0 Å². The van der Waals surface area contributed by atoms with Crippen LogP contribution in [0.4, 0.5) is 0 Å². The molecule has 3 heteroatoms. The first-order valence-corrected chi connectivity index (χ1v) is 7.59. The summed E-state index contributed by atoms with van der Waals surface area (Å²) in [4.78, 5) is 0. The maximum atomic E-state index is 6.12. The number of hydrogen-bond acceptors (Lipinski definition) is 2. The predicted octanol–water partition coefficient (Wildman–Crippen LogP) is 5.94. The zero-order chi connectivity index (χ0) is 16.7. The van der Waals surface area contributed by atoms with E-state index in [9.17, 15) is 0 Å². The second-order valence-corrected chi connectivity index (χ2v) is 5.51. The maximum absolute atomic E-state index is 6.12. The molecule has 0 fully saturated rings. The highest BCUT2D eigenvalue weighted by Crippen LogP contribution is 2.23. The summed E-state index contributed by atoms with van der Waals surface area (Å²) in [5.74, 6) is 1.91. The molecular formula is C20H19ClO2. The standard InChI is InChI=1S/C20H19ClO2/c1-15(2)11-12-16(3)23-19-9-6-8-18(13-19)22-14-17-7-4-5-10-20(17)21/h4-13H,1,3,14H2,2H3/b12-11-. The average Bonchev–Trinajstić information content (AvgIpc) is 2.52. The van der Waals surface area contributed by atoms with Crippen molar-refractivity contribution < 1.29 is 9.47 Å². The lowest BCUT2D eigenvalue weighted by Gasteiger charge is -2.10. The summed E-state index contributed by atoms with van der Waals surface area (Å²) < 4.78 is 11.4. The lowest BCUT2D eigenvalue weighted by atomic mass is 10.2. The van der Waals surface area contributed by atoms with Gasteiger partial charge in [-0.2, -0.15) is 0 Å². The van der Waals surface area contributed by atoms with Crippen molar-refractivity contribution in [2.75, 3.05) is 0 Å². The first-order valence-electron chi connectivity index (χ1n) is 7.21. The van der Waals surface area contributed by atoms with Crippen molar-refractivity contribution >= 4 is 11.6 Å². The summed E-state index contributed by atoms with van der Waals surface area (Å²) >= 11 is 6.12. The van der Waals surface area contributed by atoms with Gasteiger partial charge in [-0.15, -0.1) is 0 Å². The molecule has 0 amide bonds. The third kappa shape index (κ3) is 5.68. The summed E-state index contributed by atoms with van der Waals surface area (Å²) in [5, 5.41) is 0.693. The van der Waals surface area contributed by atoms with E-state index in [1.165, 1.54) is 0 Å². The summed E-state index contributed by atoms with van der Waals surface area (Å²) in [5.41, 5.74) is 1.88. The second-order valence-electron chi connectivity index (χ2n) is 5.10. The highest BCUT2D eigenvalue weighted by atomic mass is 35.5. The van der Waals surface area contributed by atoms with E-state index in [0.717, 1.165) is 11.1 Å². The van der Waals surface area contributed by atoms with Crippen molar-refractivity contribution in [3.05, 3.63) is 95.8 Å². The normalized spacial score (nSPS) is 10.5. The minimum absolute atomic E-state index is 0.402. The third-order valence-electron chi connectivity index (χ3n) is 2.96. The van der Waals surface area contributed by atoms with Gasteiger partial charge in [0.2, 0.25) is 0 Å². The quantitative estimate of drug-likeness (QED) is 0.463. The first-order chi connectivity index (χ1) is 11.0. The van der Waals surface area contributed by atoms with E-state index in [0.29, 0.717) is 28.9 Å². The first kappa shape index (κ1) is 16.9. The molecule has 0 radical (unpaired) electrons. The zero-order valence-corrected chi connectivity index (χ0v) is 13.8. The number of ether oxygens (including phenoxy) is 2. The second kappa shape index (κ2) is 8.25. The SMILES string of the molecule is C=C(C)/C=C\C(=C)Oc1cccc(OCc2ccccc2Cl)c1. The van der Waals surface area contributed by atoms with E-state index >= 15 is 0 Å². The Morgan fingerprint density at radius 2 is 1.78 bits per heavy atom. The monoisotopic (exact) mass is 326 g/mol. The Labute approximate surface area is 142 Å². The Morgan fingerprint density at radius 3 is 2.52 bits per heavy atom. The van der Waals surface area contributed by atoms with Crippen LogP contribution in [0.25, 0.3) is 0 Å². The van der Waals surface area contributed by atoms with Gasteiger partial charge in [0.1, 0.15) is 23.9 Å². The summed E-state index contributed by atoms with van der Waals surface area (Å²) in [7, 11) is 0. The fraction of sp³-hybridized carbons (Fsp3) is 0.100. The van der Waals surface area contributed by atoms with Crippen molar-refractivity contribution in [3.63, 3.8) is 0 Å². The third-order valence-corrected chi connectivity index (χ3v) is 3.33. The van der Waals surface area contributed by atoms with E-state index in [1.54, 1.807) is 6.08 Å². The Bertz CT molecular complexity index is 732. The largest absolute Gasteiger partial charge is 0.489 e. The molecule has 0 saturated carbocycles. The molecule has 0 heterocycles. The van der Waals surface area contributed by atoms with Gasteiger partial charge in [-0.1, -0.05) is 60.7 Å². The van der Waals surface area contributed by atoms with E-state index in [2.05, 4.69) is 13.2 Å². The Kier molecular flexibility index (Phi) is 6.07. The lowest BCUT2D eigenvalue weighted by molar-refractivity contribution is 0.304. The van der Waals surface area contributed by atoms with E-state index in [4.69, 9.17) is 21.1 Å². The molecule has 0 spiro atoms. The Hall–Kier alpha value is -2.45. The van der Waals surface area contributed by atoms with Gasteiger partial charge >= 0.3 is 0 Å². The van der Waals surface area contributed by atoms with E-state index < -0.39 is 0 Å². The van der Waals surface area contributed by atoms with Gasteiger partial charge in [0.25, 0.3) is 0 Å². The minimum atomic E-state index is 0.402. The van der Waals surface area contributed by atoms with Crippen LogP contribution in [-0.2, 0) is 6.61 Å². The number of rotatable bonds is 7. The van der Waals surface area contributed by atoms with Crippen molar-refractivity contribution in [2.45, 2.75) is 13.5 Å². The summed E-state index contributed by atoms with van der Waals surface area (Å²) in [6, 6.07) is 15.0. The van der Waals surface area contributed by atoms with Crippen LogP contribution in [0.2, 0.25) is 5.02 Å². The van der Waals surface area contributed by atoms with Crippen LogP contribution in [0.5, 0.6) is 11.5 Å². The van der Waals surface area contributed by atoms with Crippen LogP contribution < -0.4 is 9.47 Å². The van der Waals surface area contributed by atoms with Gasteiger partial charge in [-0.3, -0.25) is 0 Å². The van der Waals surface area contributed by atoms with Gasteiger partial charge in [0.05, 0.1) is 0 Å². The maximum Gasteiger partial charge on any atom is 0.131 e. The van der Waals surface area contributed by atoms with Gasteiger partial charge in [-0.25, -0.2) is 0 Å². The van der Waals surface area contributed by atoms with Crippen molar-refractivity contribution in [1.29, 1.82) is 0 Å². The molecule has 0 N–H and O–H groups in total. The molecule has 0 saturated heterocycles. The molecule has 2 rings (SSSR count). The Balaban J connectivity index is 1.98. The molecule has 0 bridgehead atoms. The molecule has 118 valence electrons. The highest BCUT2D eigenvalue weighted by molar-refractivity contribution is 6.31. The summed E-state index contributed by atoms with van der Waals surface area (Å²) in [6.45, 7) is 9.95. The average molecular weight is 327 g/mol. The van der Waals surface area contributed by atoms with Gasteiger partial charge in [0.15, 0.2) is 0 Å². The molecule has 0 unspecified atom stereocenters. The van der Waals surface area contributed by atoms with E-state index in [-0.39, 0.29) is 0 Å². The topological polar surface area (TPSA) is 18.5 Å². The summed E-state index contributed by atoms with van der Waals surface area (Å²) in [6.07, 6.45) is 3.62. The Morgan fingerprint density at radius 1 is 1.04 bits per heavy atom. The molecule has 2 nitrogen and oxygen atoms in total. The van der Waals surface area contributed by atoms with Crippen LogP contribution in [0.15, 0.2) is 85.2 Å². The van der Waals surface area contributed by atoms with Crippen LogP contribution in [0.1, 0.15) is 12.5 Å². The molecule has 0 atom stereocenters. The van der Waals surface area contributed by atoms with Gasteiger partial charge < -0.3 is 9.47 Å². The number of halogens is 1. The smallest absolute Gasteiger partial charge is 0.131 e. The molecule has 0 aliphatic heterocycles. The molecule has 0 aliphatic rings. The van der Waals surface area contributed by atoms with Crippen molar-refractivity contribution in [1.82, 2.24) is 0 Å². The molecular weight excluding hydrogens is 308 g/mol. The fourth-order valence-corrected chi connectivity index (χ4v) is 2.01. The molecule has 23 heavy (non-hydrogen) atoms. The predicted molar refractivity (Wildman–Crippen MR) is 95.9 cm³/mol. The van der Waals surface area contributed by atoms with Crippen molar-refractivity contribution in [2.24, 2.45) is 0 Å².